The van der Waals surface area contributed by atoms with E-state index in [2.05, 4.69) is 15.3 Å². The van der Waals surface area contributed by atoms with Crippen molar-refractivity contribution in [3.05, 3.63) is 65.0 Å². The van der Waals surface area contributed by atoms with Crippen LogP contribution < -0.4 is 5.32 Å². The third kappa shape index (κ3) is 4.54. The van der Waals surface area contributed by atoms with E-state index in [-0.39, 0.29) is 16.0 Å². The number of thiophene rings is 1. The first kappa shape index (κ1) is 22.1. The summed E-state index contributed by atoms with van der Waals surface area (Å²) in [7, 11) is -3.57. The van der Waals surface area contributed by atoms with Crippen LogP contribution in [-0.4, -0.2) is 41.7 Å². The molecule has 0 aliphatic carbocycles. The number of aromatic amines is 1. The average Bonchev–Trinajstić information content (AvgIpc) is 3.46. The molecule has 0 atom stereocenters. The molecule has 2 aromatic heterocycles. The number of halogens is 1. The predicted molar refractivity (Wildman–Crippen MR) is 131 cm³/mol. The minimum atomic E-state index is -3.57. The molecule has 1 aliphatic rings. The maximum atomic E-state index is 12.9. The largest absolute Gasteiger partial charge is 0.338 e. The number of fused-ring (bicyclic) bond motifs is 1. The van der Waals surface area contributed by atoms with Gasteiger partial charge in [-0.05, 0) is 49.2 Å². The number of anilines is 1. The van der Waals surface area contributed by atoms with Crippen molar-refractivity contribution >= 4 is 55.6 Å². The number of aromatic nitrogens is 2. The predicted octanol–water partition coefficient (Wildman–Crippen LogP) is 4.98. The van der Waals surface area contributed by atoms with Gasteiger partial charge in [0.05, 0.1) is 15.4 Å². The molecule has 0 bridgehead atoms. The second-order valence-corrected chi connectivity index (χ2v) is 11.8. The highest BCUT2D eigenvalue weighted by molar-refractivity contribution is 7.91. The molecule has 170 valence electrons. The van der Waals surface area contributed by atoms with Crippen LogP contribution in [0.15, 0.2) is 64.9 Å². The third-order valence-corrected chi connectivity index (χ3v) is 9.36. The van der Waals surface area contributed by atoms with Gasteiger partial charge in [0.25, 0.3) is 10.0 Å². The summed E-state index contributed by atoms with van der Waals surface area (Å²) in [5.74, 6) is 0.380. The molecular formula is C23H21ClN4O3S2. The van der Waals surface area contributed by atoms with E-state index >= 15 is 0 Å². The third-order valence-electron chi connectivity index (χ3n) is 5.76. The Labute approximate surface area is 200 Å². The number of carbonyl (C=O) groups excluding carboxylic acids is 1. The van der Waals surface area contributed by atoms with Crippen LogP contribution in [0.4, 0.5) is 5.69 Å². The van der Waals surface area contributed by atoms with Gasteiger partial charge < -0.3 is 10.3 Å². The number of para-hydroxylation sites is 2. The molecule has 33 heavy (non-hydrogen) atoms. The fourth-order valence-corrected chi connectivity index (χ4v) is 7.11. The van der Waals surface area contributed by atoms with Crippen molar-refractivity contribution in [2.45, 2.75) is 17.1 Å². The van der Waals surface area contributed by atoms with E-state index < -0.39 is 10.0 Å². The first-order chi connectivity index (χ1) is 15.9. The molecule has 5 rings (SSSR count). The summed E-state index contributed by atoms with van der Waals surface area (Å²) < 4.78 is 27.7. The summed E-state index contributed by atoms with van der Waals surface area (Å²) >= 11 is 6.94. The molecule has 2 N–H and O–H groups in total. The number of hydrogen-bond acceptors (Lipinski definition) is 5. The zero-order valence-corrected chi connectivity index (χ0v) is 19.9. The standard InChI is InChI=1S/C23H21ClN4O3S2/c24-20-8-9-21(32-20)33(30,31)28-12-10-15(11-13-28)23(29)25-17-5-3-4-16(14-17)22-26-18-6-1-2-7-19(18)27-22/h1-9,14-15H,10-13H2,(H,25,29)(H,26,27). The first-order valence-electron chi connectivity index (χ1n) is 10.5. The highest BCUT2D eigenvalue weighted by Crippen LogP contribution is 2.31. The summed E-state index contributed by atoms with van der Waals surface area (Å²) in [6.07, 6.45) is 0.931. The molecule has 0 spiro atoms. The van der Waals surface area contributed by atoms with E-state index in [1.54, 1.807) is 6.07 Å². The lowest BCUT2D eigenvalue weighted by Crippen LogP contribution is -2.41. The lowest BCUT2D eigenvalue weighted by Gasteiger charge is -2.30. The molecule has 1 fully saturated rings. The second kappa shape index (κ2) is 8.90. The zero-order chi connectivity index (χ0) is 23.0. The van der Waals surface area contributed by atoms with E-state index in [4.69, 9.17) is 11.6 Å². The number of carbonyl (C=O) groups is 1. The van der Waals surface area contributed by atoms with Crippen molar-refractivity contribution < 1.29 is 13.2 Å². The molecule has 1 amide bonds. The molecule has 0 saturated carbocycles. The van der Waals surface area contributed by atoms with Crippen molar-refractivity contribution in [3.8, 4) is 11.4 Å². The Hall–Kier alpha value is -2.72. The first-order valence-corrected chi connectivity index (χ1v) is 13.2. The molecular weight excluding hydrogens is 480 g/mol. The van der Waals surface area contributed by atoms with Crippen LogP contribution in [0.3, 0.4) is 0 Å². The molecule has 0 radical (unpaired) electrons. The van der Waals surface area contributed by atoms with Crippen molar-refractivity contribution in [1.29, 1.82) is 0 Å². The molecule has 4 aromatic rings. The van der Waals surface area contributed by atoms with Gasteiger partial charge in [-0.1, -0.05) is 35.9 Å². The highest BCUT2D eigenvalue weighted by atomic mass is 35.5. The Bertz CT molecular complexity index is 1390. The molecule has 1 aliphatic heterocycles. The van der Waals surface area contributed by atoms with Crippen molar-refractivity contribution in [2.24, 2.45) is 5.92 Å². The van der Waals surface area contributed by atoms with Gasteiger partial charge in [0.2, 0.25) is 5.91 Å². The number of hydrogen-bond donors (Lipinski definition) is 2. The zero-order valence-electron chi connectivity index (χ0n) is 17.5. The molecule has 3 heterocycles. The summed E-state index contributed by atoms with van der Waals surface area (Å²) in [4.78, 5) is 20.8. The minimum absolute atomic E-state index is 0.104. The average molecular weight is 501 g/mol. The SMILES string of the molecule is O=C(Nc1cccc(-c2nc3ccccc3[nH]2)c1)C1CCN(S(=O)(=O)c2ccc(Cl)s2)CC1. The Balaban J connectivity index is 1.24. The monoisotopic (exact) mass is 500 g/mol. The minimum Gasteiger partial charge on any atom is -0.338 e. The normalized spacial score (nSPS) is 15.7. The van der Waals surface area contributed by atoms with Gasteiger partial charge in [-0.25, -0.2) is 13.4 Å². The number of rotatable bonds is 5. The van der Waals surface area contributed by atoms with Gasteiger partial charge in [0.15, 0.2) is 0 Å². The van der Waals surface area contributed by atoms with Gasteiger partial charge in [-0.2, -0.15) is 4.31 Å². The number of nitrogens with zero attached hydrogens (tertiary/aromatic N) is 2. The lowest BCUT2D eigenvalue weighted by molar-refractivity contribution is -0.120. The van der Waals surface area contributed by atoms with Crippen molar-refractivity contribution in [1.82, 2.24) is 14.3 Å². The quantitative estimate of drug-likeness (QED) is 0.404. The van der Waals surface area contributed by atoms with Gasteiger partial charge in [0.1, 0.15) is 10.0 Å². The number of H-pyrrole nitrogens is 1. The van der Waals surface area contributed by atoms with Gasteiger partial charge >= 0.3 is 0 Å². The van der Waals surface area contributed by atoms with E-state index in [1.165, 1.54) is 10.4 Å². The van der Waals surface area contributed by atoms with Crippen LogP contribution in [0, 0.1) is 5.92 Å². The van der Waals surface area contributed by atoms with Gasteiger partial charge in [-0.15, -0.1) is 11.3 Å². The summed E-state index contributed by atoms with van der Waals surface area (Å²) in [5.41, 5.74) is 3.39. The van der Waals surface area contributed by atoms with E-state index in [0.717, 1.165) is 33.8 Å². The van der Waals surface area contributed by atoms with Crippen LogP contribution in [0.5, 0.6) is 0 Å². The van der Waals surface area contributed by atoms with E-state index in [9.17, 15) is 13.2 Å². The lowest BCUT2D eigenvalue weighted by atomic mass is 9.97. The van der Waals surface area contributed by atoms with Crippen LogP contribution >= 0.6 is 22.9 Å². The van der Waals surface area contributed by atoms with Crippen LogP contribution in [0.1, 0.15) is 12.8 Å². The Morgan fingerprint density at radius 1 is 1.09 bits per heavy atom. The van der Waals surface area contributed by atoms with Crippen LogP contribution in [0.25, 0.3) is 22.4 Å². The van der Waals surface area contributed by atoms with Crippen molar-refractivity contribution in [3.63, 3.8) is 0 Å². The summed E-state index contributed by atoms with van der Waals surface area (Å²) in [6.45, 7) is 0.601. The molecule has 1 saturated heterocycles. The summed E-state index contributed by atoms with van der Waals surface area (Å²) in [6, 6.07) is 18.4. The van der Waals surface area contributed by atoms with Crippen LogP contribution in [-0.2, 0) is 14.8 Å². The van der Waals surface area contributed by atoms with E-state index in [1.807, 2.05) is 48.5 Å². The number of benzene rings is 2. The fraction of sp³-hybridized carbons (Fsp3) is 0.217. The Kier molecular flexibility index (Phi) is 5.96. The molecule has 2 aromatic carbocycles. The van der Waals surface area contributed by atoms with Crippen molar-refractivity contribution in [2.75, 3.05) is 18.4 Å². The molecule has 0 unspecified atom stereocenters. The number of piperidine rings is 1. The Morgan fingerprint density at radius 3 is 2.61 bits per heavy atom. The number of imidazole rings is 1. The number of sulfonamides is 1. The topological polar surface area (TPSA) is 95.2 Å². The van der Waals surface area contributed by atoms with E-state index in [0.29, 0.717) is 36.0 Å². The number of amides is 1. The second-order valence-electron chi connectivity index (χ2n) is 7.91. The maximum Gasteiger partial charge on any atom is 0.252 e. The smallest absolute Gasteiger partial charge is 0.252 e. The molecule has 7 nitrogen and oxygen atoms in total. The van der Waals surface area contributed by atoms with Crippen LogP contribution in [0.2, 0.25) is 4.34 Å². The highest BCUT2D eigenvalue weighted by Gasteiger charge is 2.33. The maximum absolute atomic E-state index is 12.9. The fourth-order valence-electron chi connectivity index (χ4n) is 4.00. The van der Waals surface area contributed by atoms with Gasteiger partial charge in [0, 0.05) is 30.3 Å². The summed E-state index contributed by atoms with van der Waals surface area (Å²) in [5, 5.41) is 2.98. The van der Waals surface area contributed by atoms with Gasteiger partial charge in [-0.3, -0.25) is 4.79 Å². The molecule has 10 heteroatoms. The Morgan fingerprint density at radius 2 is 1.88 bits per heavy atom. The number of nitrogens with one attached hydrogen (secondary N) is 2.